The maximum atomic E-state index is 11.9. The minimum atomic E-state index is -0.126. The van der Waals surface area contributed by atoms with Gasteiger partial charge in [0.2, 0.25) is 5.89 Å². The van der Waals surface area contributed by atoms with Gasteiger partial charge in [0.15, 0.2) is 0 Å². The van der Waals surface area contributed by atoms with Crippen molar-refractivity contribution in [3.05, 3.63) is 64.9 Å². The van der Waals surface area contributed by atoms with Gasteiger partial charge in [-0.25, -0.2) is 4.98 Å². The topological polar surface area (TPSA) is 58.9 Å². The maximum Gasteiger partial charge on any atom is 0.255 e. The molecular weight excluding hydrogens is 264 g/mol. The van der Waals surface area contributed by atoms with Gasteiger partial charge in [-0.05, 0) is 18.6 Å². The SMILES string of the molecule is CC.Cc1ccc(-c2cc(-c3ncco3)c[nH]c2=O)cc1. The van der Waals surface area contributed by atoms with Crippen molar-refractivity contribution in [2.75, 3.05) is 0 Å². The van der Waals surface area contributed by atoms with E-state index < -0.39 is 0 Å². The average Bonchev–Trinajstić information content (AvgIpc) is 3.05. The average molecular weight is 282 g/mol. The fourth-order valence-corrected chi connectivity index (χ4v) is 1.92. The molecule has 3 aromatic rings. The van der Waals surface area contributed by atoms with Crippen LogP contribution in [0.5, 0.6) is 0 Å². The number of hydrogen-bond donors (Lipinski definition) is 1. The van der Waals surface area contributed by atoms with Crippen LogP contribution in [0.25, 0.3) is 22.6 Å². The summed E-state index contributed by atoms with van der Waals surface area (Å²) in [7, 11) is 0. The molecular formula is C17H18N2O2. The number of benzene rings is 1. The van der Waals surface area contributed by atoms with Gasteiger partial charge in [0, 0.05) is 11.8 Å². The number of aryl methyl sites for hydroxylation is 1. The zero-order valence-electron chi connectivity index (χ0n) is 12.4. The molecule has 0 saturated carbocycles. The third kappa shape index (κ3) is 3.28. The summed E-state index contributed by atoms with van der Waals surface area (Å²) in [6.07, 6.45) is 4.68. The Morgan fingerprint density at radius 3 is 2.43 bits per heavy atom. The first-order chi connectivity index (χ1) is 10.2. The van der Waals surface area contributed by atoms with Crippen LogP contribution in [0.2, 0.25) is 0 Å². The minimum absolute atomic E-state index is 0.126. The number of hydrogen-bond acceptors (Lipinski definition) is 3. The number of rotatable bonds is 2. The van der Waals surface area contributed by atoms with Crippen LogP contribution in [-0.2, 0) is 0 Å². The Bertz CT molecular complexity index is 741. The Hall–Kier alpha value is -2.62. The molecule has 21 heavy (non-hydrogen) atoms. The second kappa shape index (κ2) is 6.70. The van der Waals surface area contributed by atoms with Crippen molar-refractivity contribution in [2.24, 2.45) is 0 Å². The zero-order valence-corrected chi connectivity index (χ0v) is 12.4. The first-order valence-electron chi connectivity index (χ1n) is 6.94. The highest BCUT2D eigenvalue weighted by molar-refractivity contribution is 5.68. The van der Waals surface area contributed by atoms with Gasteiger partial charge in [-0.1, -0.05) is 43.7 Å². The van der Waals surface area contributed by atoms with E-state index in [-0.39, 0.29) is 5.56 Å². The molecule has 0 radical (unpaired) electrons. The van der Waals surface area contributed by atoms with Crippen molar-refractivity contribution in [1.29, 1.82) is 0 Å². The second-order valence-electron chi connectivity index (χ2n) is 4.33. The largest absolute Gasteiger partial charge is 0.444 e. The fourth-order valence-electron chi connectivity index (χ4n) is 1.92. The number of pyridine rings is 1. The fraction of sp³-hybridized carbons (Fsp3) is 0.176. The molecule has 0 aliphatic rings. The normalized spacial score (nSPS) is 9.86. The molecule has 2 heterocycles. The lowest BCUT2D eigenvalue weighted by molar-refractivity contribution is 0.574. The van der Waals surface area contributed by atoms with Crippen molar-refractivity contribution in [1.82, 2.24) is 9.97 Å². The minimum Gasteiger partial charge on any atom is -0.444 e. The smallest absolute Gasteiger partial charge is 0.255 e. The molecule has 0 aliphatic heterocycles. The summed E-state index contributed by atoms with van der Waals surface area (Å²) < 4.78 is 5.24. The van der Waals surface area contributed by atoms with Gasteiger partial charge < -0.3 is 9.40 Å². The van der Waals surface area contributed by atoms with Crippen LogP contribution in [0.4, 0.5) is 0 Å². The van der Waals surface area contributed by atoms with Gasteiger partial charge in [-0.15, -0.1) is 0 Å². The molecule has 4 heteroatoms. The molecule has 0 amide bonds. The lowest BCUT2D eigenvalue weighted by Crippen LogP contribution is -2.08. The van der Waals surface area contributed by atoms with E-state index in [0.717, 1.165) is 16.7 Å². The van der Waals surface area contributed by atoms with Crippen molar-refractivity contribution in [3.8, 4) is 22.6 Å². The molecule has 1 aromatic carbocycles. The predicted molar refractivity (Wildman–Crippen MR) is 84.1 cm³/mol. The molecule has 0 saturated heterocycles. The summed E-state index contributed by atoms with van der Waals surface area (Å²) in [6, 6.07) is 9.60. The summed E-state index contributed by atoms with van der Waals surface area (Å²) in [6.45, 7) is 6.01. The number of nitrogens with one attached hydrogen (secondary N) is 1. The quantitative estimate of drug-likeness (QED) is 0.772. The monoisotopic (exact) mass is 282 g/mol. The van der Waals surface area contributed by atoms with E-state index in [9.17, 15) is 4.79 Å². The van der Waals surface area contributed by atoms with E-state index >= 15 is 0 Å². The van der Waals surface area contributed by atoms with Gasteiger partial charge in [0.25, 0.3) is 5.56 Å². The number of oxazole rings is 1. The van der Waals surface area contributed by atoms with Crippen LogP contribution in [0.15, 0.2) is 58.2 Å². The standard InChI is InChI=1S/C15H12N2O2.C2H6/c1-10-2-4-11(5-3-10)13-8-12(9-17-14(13)18)15-16-6-7-19-15;1-2/h2-9H,1H3,(H,17,18);1-2H3. The molecule has 3 rings (SSSR count). The lowest BCUT2D eigenvalue weighted by atomic mass is 10.0. The Balaban J connectivity index is 0.000000774. The Morgan fingerprint density at radius 1 is 1.10 bits per heavy atom. The third-order valence-electron chi connectivity index (χ3n) is 2.95. The van der Waals surface area contributed by atoms with E-state index in [2.05, 4.69) is 9.97 Å². The van der Waals surface area contributed by atoms with E-state index in [0.29, 0.717) is 11.5 Å². The highest BCUT2D eigenvalue weighted by Gasteiger charge is 2.08. The number of aromatic nitrogens is 2. The number of nitrogens with zero attached hydrogens (tertiary/aromatic N) is 1. The van der Waals surface area contributed by atoms with E-state index in [1.54, 1.807) is 18.5 Å². The molecule has 0 bridgehead atoms. The van der Waals surface area contributed by atoms with Crippen molar-refractivity contribution in [2.45, 2.75) is 20.8 Å². The molecule has 0 spiro atoms. The molecule has 0 unspecified atom stereocenters. The van der Waals surface area contributed by atoms with Crippen molar-refractivity contribution >= 4 is 0 Å². The van der Waals surface area contributed by atoms with Crippen LogP contribution < -0.4 is 5.56 Å². The Kier molecular flexibility index (Phi) is 4.72. The highest BCUT2D eigenvalue weighted by Crippen LogP contribution is 2.21. The van der Waals surface area contributed by atoms with Crippen LogP contribution in [0.3, 0.4) is 0 Å². The maximum absolute atomic E-state index is 11.9. The molecule has 1 N–H and O–H groups in total. The number of aromatic amines is 1. The number of H-pyrrole nitrogens is 1. The summed E-state index contributed by atoms with van der Waals surface area (Å²) >= 11 is 0. The summed E-state index contributed by atoms with van der Waals surface area (Å²) in [5.74, 6) is 0.490. The molecule has 2 aromatic heterocycles. The van der Waals surface area contributed by atoms with Gasteiger partial charge in [0.1, 0.15) is 6.26 Å². The summed E-state index contributed by atoms with van der Waals surface area (Å²) in [5.41, 5.74) is 3.26. The third-order valence-corrected chi connectivity index (χ3v) is 2.95. The second-order valence-corrected chi connectivity index (χ2v) is 4.33. The Labute approximate surface area is 123 Å². The highest BCUT2D eigenvalue weighted by atomic mass is 16.3. The van der Waals surface area contributed by atoms with Crippen LogP contribution in [0.1, 0.15) is 19.4 Å². The van der Waals surface area contributed by atoms with Gasteiger partial charge >= 0.3 is 0 Å². The van der Waals surface area contributed by atoms with Gasteiger partial charge in [-0.3, -0.25) is 4.79 Å². The van der Waals surface area contributed by atoms with E-state index in [1.807, 2.05) is 45.0 Å². The van der Waals surface area contributed by atoms with Crippen LogP contribution >= 0.6 is 0 Å². The molecule has 0 fully saturated rings. The molecule has 0 atom stereocenters. The van der Waals surface area contributed by atoms with Crippen molar-refractivity contribution in [3.63, 3.8) is 0 Å². The lowest BCUT2D eigenvalue weighted by Gasteiger charge is -2.03. The first kappa shape index (κ1) is 14.8. The van der Waals surface area contributed by atoms with Crippen molar-refractivity contribution < 1.29 is 4.42 Å². The molecule has 108 valence electrons. The van der Waals surface area contributed by atoms with Gasteiger partial charge in [0.05, 0.1) is 11.8 Å². The molecule has 0 aliphatic carbocycles. The van der Waals surface area contributed by atoms with Gasteiger partial charge in [-0.2, -0.15) is 0 Å². The van der Waals surface area contributed by atoms with E-state index in [1.165, 1.54) is 6.26 Å². The van der Waals surface area contributed by atoms with Crippen LogP contribution in [0, 0.1) is 6.92 Å². The first-order valence-corrected chi connectivity index (χ1v) is 6.94. The zero-order chi connectivity index (χ0) is 15.2. The van der Waals surface area contributed by atoms with Crippen LogP contribution in [-0.4, -0.2) is 9.97 Å². The Morgan fingerprint density at radius 2 is 1.81 bits per heavy atom. The molecule has 4 nitrogen and oxygen atoms in total. The summed E-state index contributed by atoms with van der Waals surface area (Å²) in [5, 5.41) is 0. The predicted octanol–water partition coefficient (Wildman–Crippen LogP) is 4.03. The van der Waals surface area contributed by atoms with E-state index in [4.69, 9.17) is 4.42 Å². The summed E-state index contributed by atoms with van der Waals surface area (Å²) in [4.78, 5) is 18.7.